The number of likely N-dealkylation sites (tertiary alicyclic amines) is 1. The highest BCUT2D eigenvalue weighted by molar-refractivity contribution is 5.95. The molecule has 0 saturated carbocycles. The third-order valence-electron chi connectivity index (χ3n) is 3.68. The van der Waals surface area contributed by atoms with Gasteiger partial charge in [0.25, 0.3) is 5.91 Å². The maximum Gasteiger partial charge on any atom is 0.257 e. The summed E-state index contributed by atoms with van der Waals surface area (Å²) in [5.74, 6) is 0.758. The molecule has 1 saturated heterocycles. The molecule has 5 nitrogen and oxygen atoms in total. The molecule has 0 aliphatic carbocycles. The maximum atomic E-state index is 12.3. The van der Waals surface area contributed by atoms with Crippen LogP contribution in [0, 0.1) is 12.8 Å². The van der Waals surface area contributed by atoms with Gasteiger partial charge in [-0.25, -0.2) is 0 Å². The van der Waals surface area contributed by atoms with Crippen molar-refractivity contribution in [3.63, 3.8) is 0 Å². The first kappa shape index (κ1) is 13.1. The maximum absolute atomic E-state index is 12.3. The van der Waals surface area contributed by atoms with Crippen LogP contribution >= 0.6 is 0 Å². The van der Waals surface area contributed by atoms with Gasteiger partial charge in [-0.2, -0.15) is 0 Å². The van der Waals surface area contributed by atoms with Crippen molar-refractivity contribution in [2.24, 2.45) is 5.92 Å². The Morgan fingerprint density at radius 2 is 2.28 bits per heavy atom. The van der Waals surface area contributed by atoms with E-state index in [9.17, 15) is 9.90 Å². The van der Waals surface area contributed by atoms with Gasteiger partial charge in [-0.1, -0.05) is 0 Å². The van der Waals surface area contributed by atoms with Crippen LogP contribution in [0.25, 0.3) is 0 Å². The van der Waals surface area contributed by atoms with E-state index in [1.807, 2.05) is 14.1 Å². The Morgan fingerprint density at radius 1 is 1.56 bits per heavy atom. The zero-order valence-corrected chi connectivity index (χ0v) is 11.1. The van der Waals surface area contributed by atoms with E-state index in [1.54, 1.807) is 17.9 Å². The van der Waals surface area contributed by atoms with Gasteiger partial charge in [0, 0.05) is 31.7 Å². The summed E-state index contributed by atoms with van der Waals surface area (Å²) in [7, 11) is 3.95. The van der Waals surface area contributed by atoms with Crippen molar-refractivity contribution in [1.29, 1.82) is 0 Å². The van der Waals surface area contributed by atoms with E-state index in [0.717, 1.165) is 0 Å². The Balaban J connectivity index is 2.12. The molecule has 0 spiro atoms. The van der Waals surface area contributed by atoms with Crippen molar-refractivity contribution in [2.75, 3.05) is 33.8 Å². The second-order valence-electron chi connectivity index (χ2n) is 5.07. The predicted molar refractivity (Wildman–Crippen MR) is 67.4 cm³/mol. The molecule has 1 amide bonds. The van der Waals surface area contributed by atoms with Gasteiger partial charge in [0.1, 0.15) is 5.76 Å². The van der Waals surface area contributed by atoms with Crippen LogP contribution in [0.4, 0.5) is 0 Å². The molecule has 100 valence electrons. The van der Waals surface area contributed by atoms with Gasteiger partial charge >= 0.3 is 0 Å². The summed E-state index contributed by atoms with van der Waals surface area (Å²) in [5, 5.41) is 9.39. The molecule has 1 fully saturated rings. The third-order valence-corrected chi connectivity index (χ3v) is 3.68. The van der Waals surface area contributed by atoms with Crippen LogP contribution in [0.15, 0.2) is 16.7 Å². The van der Waals surface area contributed by atoms with Crippen molar-refractivity contribution < 1.29 is 14.3 Å². The summed E-state index contributed by atoms with van der Waals surface area (Å²) in [6.45, 7) is 3.15. The lowest BCUT2D eigenvalue weighted by Crippen LogP contribution is -2.37. The van der Waals surface area contributed by atoms with Gasteiger partial charge < -0.3 is 19.3 Å². The standard InChI is InChI=1S/C13H20N2O3/c1-9-11(4-5-18-9)13(17)15-6-10(8-16)12(7-15)14(2)3/h4-5,10,12,16H,6-8H2,1-3H3/t10-,12+/m0/s1. The fourth-order valence-corrected chi connectivity index (χ4v) is 2.56. The minimum Gasteiger partial charge on any atom is -0.469 e. The molecule has 1 aliphatic rings. The van der Waals surface area contributed by atoms with E-state index in [0.29, 0.717) is 24.4 Å². The molecule has 1 aromatic rings. The summed E-state index contributed by atoms with van der Waals surface area (Å²) >= 11 is 0. The van der Waals surface area contributed by atoms with Crippen LogP contribution in [0.1, 0.15) is 16.1 Å². The Morgan fingerprint density at radius 3 is 2.72 bits per heavy atom. The zero-order valence-electron chi connectivity index (χ0n) is 11.1. The second-order valence-corrected chi connectivity index (χ2v) is 5.07. The van der Waals surface area contributed by atoms with Crippen molar-refractivity contribution in [1.82, 2.24) is 9.80 Å². The van der Waals surface area contributed by atoms with Gasteiger partial charge in [-0.3, -0.25) is 4.79 Å². The number of carbonyl (C=O) groups is 1. The number of amides is 1. The molecule has 1 N–H and O–H groups in total. The van der Waals surface area contributed by atoms with E-state index in [-0.39, 0.29) is 24.5 Å². The smallest absolute Gasteiger partial charge is 0.257 e. The molecule has 0 aromatic carbocycles. The topological polar surface area (TPSA) is 56.9 Å². The minimum atomic E-state index is -0.0101. The number of aryl methyl sites for hydroxylation is 1. The molecular formula is C13H20N2O3. The molecule has 0 bridgehead atoms. The first-order chi connectivity index (χ1) is 8.54. The van der Waals surface area contributed by atoms with Crippen LogP contribution < -0.4 is 0 Å². The normalized spacial score (nSPS) is 23.9. The number of rotatable bonds is 3. The molecule has 2 heterocycles. The van der Waals surface area contributed by atoms with Crippen LogP contribution in [-0.4, -0.2) is 60.6 Å². The molecule has 2 atom stereocenters. The van der Waals surface area contributed by atoms with E-state index in [2.05, 4.69) is 4.90 Å². The summed E-state index contributed by atoms with van der Waals surface area (Å²) in [4.78, 5) is 16.2. The first-order valence-electron chi connectivity index (χ1n) is 6.15. The fourth-order valence-electron chi connectivity index (χ4n) is 2.56. The lowest BCUT2D eigenvalue weighted by molar-refractivity contribution is 0.0777. The Hall–Kier alpha value is -1.33. The first-order valence-corrected chi connectivity index (χ1v) is 6.15. The number of nitrogens with zero attached hydrogens (tertiary/aromatic N) is 2. The number of hydrogen-bond acceptors (Lipinski definition) is 4. The largest absolute Gasteiger partial charge is 0.469 e. The van der Waals surface area contributed by atoms with Crippen molar-refractivity contribution in [2.45, 2.75) is 13.0 Å². The van der Waals surface area contributed by atoms with E-state index < -0.39 is 0 Å². The number of furan rings is 1. The van der Waals surface area contributed by atoms with Gasteiger partial charge in [-0.15, -0.1) is 0 Å². The SMILES string of the molecule is Cc1occc1C(=O)N1C[C@@H](CO)[C@H](N(C)C)C1. The minimum absolute atomic E-state index is 0.0101. The molecule has 0 radical (unpaired) electrons. The van der Waals surface area contributed by atoms with Crippen LogP contribution in [0.3, 0.4) is 0 Å². The van der Waals surface area contributed by atoms with E-state index in [4.69, 9.17) is 4.42 Å². The van der Waals surface area contributed by atoms with Gasteiger partial charge in [0.2, 0.25) is 0 Å². The summed E-state index contributed by atoms with van der Waals surface area (Å²) in [6, 6.07) is 1.92. The number of likely N-dealkylation sites (N-methyl/N-ethyl adjacent to an activating group) is 1. The van der Waals surface area contributed by atoms with Crippen molar-refractivity contribution >= 4 is 5.91 Å². The van der Waals surface area contributed by atoms with Crippen LogP contribution in [0.2, 0.25) is 0 Å². The highest BCUT2D eigenvalue weighted by Crippen LogP contribution is 2.23. The lowest BCUT2D eigenvalue weighted by Gasteiger charge is -2.23. The molecule has 1 aromatic heterocycles. The monoisotopic (exact) mass is 252 g/mol. The van der Waals surface area contributed by atoms with Crippen molar-refractivity contribution in [3.8, 4) is 0 Å². The second kappa shape index (κ2) is 5.12. The number of aliphatic hydroxyl groups is 1. The molecule has 18 heavy (non-hydrogen) atoms. The Kier molecular flexibility index (Phi) is 3.73. The average Bonchev–Trinajstić information content (AvgIpc) is 2.93. The third kappa shape index (κ3) is 2.28. The fraction of sp³-hybridized carbons (Fsp3) is 0.615. The average molecular weight is 252 g/mol. The molecule has 5 heteroatoms. The highest BCUT2D eigenvalue weighted by Gasteiger charge is 2.36. The zero-order chi connectivity index (χ0) is 13.3. The van der Waals surface area contributed by atoms with Crippen LogP contribution in [0.5, 0.6) is 0 Å². The summed E-state index contributed by atoms with van der Waals surface area (Å²) in [6.07, 6.45) is 1.53. The quantitative estimate of drug-likeness (QED) is 0.855. The van der Waals surface area contributed by atoms with Crippen molar-refractivity contribution in [3.05, 3.63) is 23.7 Å². The molecule has 0 unspecified atom stereocenters. The van der Waals surface area contributed by atoms with Gasteiger partial charge in [0.15, 0.2) is 0 Å². The Labute approximate surface area is 107 Å². The summed E-state index contributed by atoms with van der Waals surface area (Å²) in [5.41, 5.74) is 0.617. The molecule has 1 aliphatic heterocycles. The predicted octanol–water partition coefficient (Wildman–Crippen LogP) is 0.583. The van der Waals surface area contributed by atoms with E-state index in [1.165, 1.54) is 6.26 Å². The number of aliphatic hydroxyl groups excluding tert-OH is 1. The number of carbonyl (C=O) groups excluding carboxylic acids is 1. The summed E-state index contributed by atoms with van der Waals surface area (Å²) < 4.78 is 5.17. The van der Waals surface area contributed by atoms with Crippen LogP contribution in [-0.2, 0) is 0 Å². The molecular weight excluding hydrogens is 232 g/mol. The van der Waals surface area contributed by atoms with Gasteiger partial charge in [0.05, 0.1) is 11.8 Å². The highest BCUT2D eigenvalue weighted by atomic mass is 16.3. The Bertz CT molecular complexity index is 428. The lowest BCUT2D eigenvalue weighted by atomic mass is 10.0. The number of hydrogen-bond donors (Lipinski definition) is 1. The molecule has 2 rings (SSSR count). The van der Waals surface area contributed by atoms with E-state index >= 15 is 0 Å². The van der Waals surface area contributed by atoms with Gasteiger partial charge in [-0.05, 0) is 27.1 Å².